The molecule has 2 aromatic heterocycles. The highest BCUT2D eigenvalue weighted by molar-refractivity contribution is 7.11. The van der Waals surface area contributed by atoms with Gasteiger partial charge in [0.15, 0.2) is 5.96 Å². The van der Waals surface area contributed by atoms with Crippen LogP contribution in [0.15, 0.2) is 21.5 Å². The highest BCUT2D eigenvalue weighted by Crippen LogP contribution is 2.14. The van der Waals surface area contributed by atoms with E-state index in [0.29, 0.717) is 12.4 Å². The second-order valence-electron chi connectivity index (χ2n) is 4.81. The van der Waals surface area contributed by atoms with E-state index in [-0.39, 0.29) is 0 Å². The molecule has 0 spiro atoms. The standard InChI is InChI=1S/C15H22N4OS/c1-5-16-15(17-8-13-7-6-10(2)21-13)18-9-14-19-11(3)12(4)20-14/h6-7H,5,8-9H2,1-4H3,(H2,16,17,18). The number of nitrogens with one attached hydrogen (secondary N) is 2. The van der Waals surface area contributed by atoms with Gasteiger partial charge >= 0.3 is 0 Å². The summed E-state index contributed by atoms with van der Waals surface area (Å²) in [5.74, 6) is 2.28. The van der Waals surface area contributed by atoms with E-state index >= 15 is 0 Å². The molecule has 6 heteroatoms. The van der Waals surface area contributed by atoms with Crippen LogP contribution in [0.2, 0.25) is 0 Å². The van der Waals surface area contributed by atoms with Gasteiger partial charge in [0, 0.05) is 16.3 Å². The molecule has 0 aliphatic heterocycles. The van der Waals surface area contributed by atoms with Crippen LogP contribution in [0.25, 0.3) is 0 Å². The number of nitrogens with zero attached hydrogens (tertiary/aromatic N) is 2. The van der Waals surface area contributed by atoms with E-state index in [4.69, 9.17) is 4.42 Å². The number of hydrogen-bond acceptors (Lipinski definition) is 4. The average molecular weight is 306 g/mol. The molecule has 114 valence electrons. The Kier molecular flexibility index (Phi) is 5.38. The Morgan fingerprint density at radius 2 is 2.10 bits per heavy atom. The van der Waals surface area contributed by atoms with Gasteiger partial charge in [0.2, 0.25) is 5.89 Å². The summed E-state index contributed by atoms with van der Waals surface area (Å²) in [5, 5.41) is 6.55. The molecule has 2 N–H and O–H groups in total. The van der Waals surface area contributed by atoms with Crippen molar-refractivity contribution in [1.29, 1.82) is 0 Å². The van der Waals surface area contributed by atoms with Crippen LogP contribution in [0.5, 0.6) is 0 Å². The van der Waals surface area contributed by atoms with Crippen LogP contribution >= 0.6 is 11.3 Å². The van der Waals surface area contributed by atoms with E-state index in [2.05, 4.69) is 39.7 Å². The fourth-order valence-electron chi connectivity index (χ4n) is 1.85. The van der Waals surface area contributed by atoms with Crippen LogP contribution in [0.4, 0.5) is 0 Å². The quantitative estimate of drug-likeness (QED) is 0.658. The molecule has 21 heavy (non-hydrogen) atoms. The summed E-state index contributed by atoms with van der Waals surface area (Å²) in [7, 11) is 0. The number of aryl methyl sites for hydroxylation is 3. The monoisotopic (exact) mass is 306 g/mol. The molecule has 2 heterocycles. The lowest BCUT2D eigenvalue weighted by Crippen LogP contribution is -2.36. The normalized spacial score (nSPS) is 11.7. The predicted octanol–water partition coefficient (Wildman–Crippen LogP) is 2.92. The number of hydrogen-bond donors (Lipinski definition) is 2. The maximum Gasteiger partial charge on any atom is 0.216 e. The number of guanidine groups is 1. The van der Waals surface area contributed by atoms with E-state index in [1.54, 1.807) is 11.3 Å². The van der Waals surface area contributed by atoms with Crippen molar-refractivity contribution >= 4 is 17.3 Å². The van der Waals surface area contributed by atoms with Crippen LogP contribution in [-0.2, 0) is 13.1 Å². The summed E-state index contributed by atoms with van der Waals surface area (Å²) < 4.78 is 5.54. The molecule has 2 rings (SSSR count). The van der Waals surface area contributed by atoms with Crippen molar-refractivity contribution in [3.05, 3.63) is 39.2 Å². The number of rotatable bonds is 5. The molecule has 0 amide bonds. The first-order valence-corrected chi connectivity index (χ1v) is 7.90. The van der Waals surface area contributed by atoms with Gasteiger partial charge in [0.1, 0.15) is 12.3 Å². The minimum atomic E-state index is 0.438. The van der Waals surface area contributed by atoms with Crippen molar-refractivity contribution in [2.24, 2.45) is 4.99 Å². The summed E-state index contributed by atoms with van der Waals surface area (Å²) in [6.45, 7) is 10.0. The van der Waals surface area contributed by atoms with E-state index in [0.717, 1.165) is 30.5 Å². The average Bonchev–Trinajstić information content (AvgIpc) is 3.00. The van der Waals surface area contributed by atoms with Crippen molar-refractivity contribution < 1.29 is 4.42 Å². The molecule has 0 fully saturated rings. The molecule has 0 atom stereocenters. The Balaban J connectivity index is 1.95. The Hall–Kier alpha value is -1.82. The number of aliphatic imine (C=N–C) groups is 1. The van der Waals surface area contributed by atoms with Gasteiger partial charge in [-0.2, -0.15) is 0 Å². The van der Waals surface area contributed by atoms with Gasteiger partial charge in [0.05, 0.1) is 12.2 Å². The van der Waals surface area contributed by atoms with Crippen LogP contribution in [-0.4, -0.2) is 17.5 Å². The zero-order valence-electron chi connectivity index (χ0n) is 13.0. The Morgan fingerprint density at radius 3 is 2.67 bits per heavy atom. The highest BCUT2D eigenvalue weighted by atomic mass is 32.1. The zero-order valence-corrected chi connectivity index (χ0v) is 13.8. The van der Waals surface area contributed by atoms with Gasteiger partial charge < -0.3 is 15.1 Å². The Labute approximate surface area is 129 Å². The molecule has 0 unspecified atom stereocenters. The van der Waals surface area contributed by atoms with Gasteiger partial charge in [-0.1, -0.05) is 0 Å². The van der Waals surface area contributed by atoms with Crippen molar-refractivity contribution in [2.45, 2.75) is 40.8 Å². The van der Waals surface area contributed by atoms with Gasteiger partial charge in [-0.3, -0.25) is 0 Å². The SMILES string of the molecule is CCNC(=NCc1nc(C)c(C)o1)NCc1ccc(C)s1. The lowest BCUT2D eigenvalue weighted by molar-refractivity contribution is 0.473. The second kappa shape index (κ2) is 7.26. The molecule has 0 aliphatic rings. The summed E-state index contributed by atoms with van der Waals surface area (Å²) >= 11 is 1.79. The van der Waals surface area contributed by atoms with Crippen molar-refractivity contribution in [1.82, 2.24) is 15.6 Å². The molecule has 2 aromatic rings. The minimum absolute atomic E-state index is 0.438. The van der Waals surface area contributed by atoms with E-state index in [1.165, 1.54) is 9.75 Å². The number of oxazole rings is 1. The molecule has 0 bridgehead atoms. The van der Waals surface area contributed by atoms with Crippen molar-refractivity contribution in [3.63, 3.8) is 0 Å². The highest BCUT2D eigenvalue weighted by Gasteiger charge is 2.05. The van der Waals surface area contributed by atoms with Crippen LogP contribution in [0.1, 0.15) is 34.0 Å². The Bertz CT molecular complexity index is 595. The fourth-order valence-corrected chi connectivity index (χ4v) is 2.68. The molecular formula is C15H22N4OS. The first-order chi connectivity index (χ1) is 10.1. The maximum absolute atomic E-state index is 5.54. The third kappa shape index (κ3) is 4.60. The van der Waals surface area contributed by atoms with Gasteiger partial charge in [-0.05, 0) is 39.8 Å². The fraction of sp³-hybridized carbons (Fsp3) is 0.467. The van der Waals surface area contributed by atoms with Gasteiger partial charge in [0.25, 0.3) is 0 Å². The van der Waals surface area contributed by atoms with E-state index in [9.17, 15) is 0 Å². The molecule has 0 aliphatic carbocycles. The zero-order chi connectivity index (χ0) is 15.2. The third-order valence-electron chi connectivity index (χ3n) is 3.02. The molecular weight excluding hydrogens is 284 g/mol. The molecule has 5 nitrogen and oxygen atoms in total. The van der Waals surface area contributed by atoms with Crippen LogP contribution < -0.4 is 10.6 Å². The van der Waals surface area contributed by atoms with E-state index < -0.39 is 0 Å². The smallest absolute Gasteiger partial charge is 0.216 e. The van der Waals surface area contributed by atoms with Gasteiger partial charge in [-0.25, -0.2) is 9.98 Å². The van der Waals surface area contributed by atoms with Crippen molar-refractivity contribution in [2.75, 3.05) is 6.54 Å². The molecule has 0 saturated heterocycles. The largest absolute Gasteiger partial charge is 0.444 e. The van der Waals surface area contributed by atoms with Gasteiger partial charge in [-0.15, -0.1) is 11.3 Å². The summed E-state index contributed by atoms with van der Waals surface area (Å²) in [5.41, 5.74) is 0.923. The lowest BCUT2D eigenvalue weighted by Gasteiger charge is -2.09. The molecule has 0 aromatic carbocycles. The summed E-state index contributed by atoms with van der Waals surface area (Å²) in [6.07, 6.45) is 0. The summed E-state index contributed by atoms with van der Waals surface area (Å²) in [6, 6.07) is 4.27. The predicted molar refractivity (Wildman–Crippen MR) is 86.7 cm³/mol. The minimum Gasteiger partial charge on any atom is -0.444 e. The third-order valence-corrected chi connectivity index (χ3v) is 4.02. The number of thiophene rings is 1. The number of aromatic nitrogens is 1. The first kappa shape index (κ1) is 15.6. The lowest BCUT2D eigenvalue weighted by atomic mass is 10.4. The van der Waals surface area contributed by atoms with Crippen LogP contribution in [0, 0.1) is 20.8 Å². The first-order valence-electron chi connectivity index (χ1n) is 7.09. The van der Waals surface area contributed by atoms with Crippen LogP contribution in [0.3, 0.4) is 0 Å². The van der Waals surface area contributed by atoms with E-state index in [1.807, 2.05) is 20.8 Å². The molecule has 0 radical (unpaired) electrons. The maximum atomic E-state index is 5.54. The Morgan fingerprint density at radius 1 is 1.29 bits per heavy atom. The van der Waals surface area contributed by atoms with Crippen molar-refractivity contribution in [3.8, 4) is 0 Å². The second-order valence-corrected chi connectivity index (χ2v) is 6.18. The summed E-state index contributed by atoms with van der Waals surface area (Å²) in [4.78, 5) is 11.5. The topological polar surface area (TPSA) is 62.5 Å². The molecule has 0 saturated carbocycles.